The monoisotopic (exact) mass is 304 g/mol. The van der Waals surface area contributed by atoms with Gasteiger partial charge < -0.3 is 10.1 Å². The second kappa shape index (κ2) is 5.69. The van der Waals surface area contributed by atoms with Crippen LogP contribution in [0.15, 0.2) is 42.6 Å². The second-order valence-corrected chi connectivity index (χ2v) is 6.11. The van der Waals surface area contributed by atoms with Crippen LogP contribution in [-0.4, -0.2) is 12.1 Å². The standard InChI is InChI=1S/C15H13ClN2OS/c1-19-11-3-2-10-6-7-17-15(13(10)8-11)18-9-12-4-5-14(16)20-12/h2-8H,9H2,1H3,(H,17,18). The number of ether oxygens (including phenoxy) is 1. The molecule has 0 unspecified atom stereocenters. The number of benzene rings is 1. The third-order valence-corrected chi connectivity index (χ3v) is 4.26. The molecule has 0 saturated carbocycles. The van der Waals surface area contributed by atoms with Crippen molar-refractivity contribution in [1.29, 1.82) is 0 Å². The van der Waals surface area contributed by atoms with Crippen molar-refractivity contribution in [2.45, 2.75) is 6.54 Å². The number of methoxy groups -OCH3 is 1. The number of hydrogen-bond acceptors (Lipinski definition) is 4. The Hall–Kier alpha value is -1.78. The van der Waals surface area contributed by atoms with Crippen LogP contribution >= 0.6 is 22.9 Å². The predicted molar refractivity (Wildman–Crippen MR) is 85.0 cm³/mol. The van der Waals surface area contributed by atoms with Crippen molar-refractivity contribution >= 4 is 39.5 Å². The first-order valence-corrected chi connectivity index (χ1v) is 7.36. The van der Waals surface area contributed by atoms with Gasteiger partial charge in [-0.25, -0.2) is 4.98 Å². The number of nitrogens with zero attached hydrogens (tertiary/aromatic N) is 1. The van der Waals surface area contributed by atoms with E-state index in [1.165, 1.54) is 4.88 Å². The summed E-state index contributed by atoms with van der Waals surface area (Å²) in [6.45, 7) is 0.709. The van der Waals surface area contributed by atoms with E-state index in [1.54, 1.807) is 24.6 Å². The van der Waals surface area contributed by atoms with Gasteiger partial charge in [0.2, 0.25) is 0 Å². The molecule has 1 N–H and O–H groups in total. The maximum absolute atomic E-state index is 5.94. The smallest absolute Gasteiger partial charge is 0.134 e. The third kappa shape index (κ3) is 2.71. The van der Waals surface area contributed by atoms with E-state index >= 15 is 0 Å². The zero-order chi connectivity index (χ0) is 13.9. The van der Waals surface area contributed by atoms with Gasteiger partial charge in [-0.1, -0.05) is 17.7 Å². The molecule has 0 aliphatic heterocycles. The summed E-state index contributed by atoms with van der Waals surface area (Å²) in [5, 5.41) is 5.54. The van der Waals surface area contributed by atoms with Gasteiger partial charge in [0.15, 0.2) is 0 Å². The number of thiophene rings is 1. The molecule has 3 nitrogen and oxygen atoms in total. The van der Waals surface area contributed by atoms with Crippen LogP contribution in [0.2, 0.25) is 4.34 Å². The zero-order valence-electron chi connectivity index (χ0n) is 10.9. The van der Waals surface area contributed by atoms with E-state index in [9.17, 15) is 0 Å². The molecule has 0 radical (unpaired) electrons. The normalized spacial score (nSPS) is 10.7. The summed E-state index contributed by atoms with van der Waals surface area (Å²) in [6.07, 6.45) is 1.80. The highest BCUT2D eigenvalue weighted by Crippen LogP contribution is 2.27. The number of rotatable bonds is 4. The van der Waals surface area contributed by atoms with Crippen molar-refractivity contribution in [3.8, 4) is 5.75 Å². The van der Waals surface area contributed by atoms with Gasteiger partial charge >= 0.3 is 0 Å². The van der Waals surface area contributed by atoms with E-state index < -0.39 is 0 Å². The number of hydrogen-bond donors (Lipinski definition) is 1. The van der Waals surface area contributed by atoms with E-state index in [0.717, 1.165) is 26.7 Å². The van der Waals surface area contributed by atoms with Crippen LogP contribution in [0.5, 0.6) is 5.75 Å². The molecular weight excluding hydrogens is 292 g/mol. The fraction of sp³-hybridized carbons (Fsp3) is 0.133. The third-order valence-electron chi connectivity index (χ3n) is 3.03. The first-order valence-electron chi connectivity index (χ1n) is 6.17. The molecule has 0 saturated heterocycles. The minimum Gasteiger partial charge on any atom is -0.497 e. The number of aromatic nitrogens is 1. The van der Waals surface area contributed by atoms with Crippen molar-refractivity contribution in [3.63, 3.8) is 0 Å². The van der Waals surface area contributed by atoms with E-state index in [4.69, 9.17) is 16.3 Å². The van der Waals surface area contributed by atoms with Crippen LogP contribution in [0, 0.1) is 0 Å². The summed E-state index contributed by atoms with van der Waals surface area (Å²) >= 11 is 7.51. The van der Waals surface area contributed by atoms with Gasteiger partial charge in [-0.15, -0.1) is 11.3 Å². The molecule has 0 aliphatic rings. The van der Waals surface area contributed by atoms with Gasteiger partial charge in [-0.2, -0.15) is 0 Å². The maximum atomic E-state index is 5.94. The largest absolute Gasteiger partial charge is 0.497 e. The Morgan fingerprint density at radius 1 is 1.25 bits per heavy atom. The van der Waals surface area contributed by atoms with Crippen molar-refractivity contribution in [2.24, 2.45) is 0 Å². The molecular formula is C15H13ClN2OS. The Kier molecular flexibility index (Phi) is 3.76. The molecule has 3 rings (SSSR count). The van der Waals surface area contributed by atoms with Crippen molar-refractivity contribution < 1.29 is 4.74 Å². The quantitative estimate of drug-likeness (QED) is 0.766. The molecule has 0 amide bonds. The predicted octanol–water partition coefficient (Wildman–Crippen LogP) is 4.57. The minimum atomic E-state index is 0.709. The second-order valence-electron chi connectivity index (χ2n) is 4.31. The minimum absolute atomic E-state index is 0.709. The fourth-order valence-electron chi connectivity index (χ4n) is 2.03. The Bertz CT molecular complexity index is 742. The average Bonchev–Trinajstić information content (AvgIpc) is 2.90. The van der Waals surface area contributed by atoms with Crippen molar-refractivity contribution in [3.05, 3.63) is 51.8 Å². The summed E-state index contributed by atoms with van der Waals surface area (Å²) in [4.78, 5) is 5.59. The fourth-order valence-corrected chi connectivity index (χ4v) is 3.06. The van der Waals surface area contributed by atoms with Crippen molar-refractivity contribution in [1.82, 2.24) is 4.98 Å². The Labute approximate surface area is 126 Å². The molecule has 0 bridgehead atoms. The first-order chi connectivity index (χ1) is 9.76. The van der Waals surface area contributed by atoms with Gasteiger partial charge in [0.05, 0.1) is 18.0 Å². The average molecular weight is 305 g/mol. The lowest BCUT2D eigenvalue weighted by Gasteiger charge is -2.09. The molecule has 0 fully saturated rings. The highest BCUT2D eigenvalue weighted by molar-refractivity contribution is 7.16. The summed E-state index contributed by atoms with van der Waals surface area (Å²) < 4.78 is 6.07. The van der Waals surface area contributed by atoms with Gasteiger partial charge in [0.25, 0.3) is 0 Å². The van der Waals surface area contributed by atoms with E-state index in [0.29, 0.717) is 6.54 Å². The van der Waals surface area contributed by atoms with Gasteiger partial charge in [-0.3, -0.25) is 0 Å². The number of fused-ring (bicyclic) bond motifs is 1. The molecule has 2 heterocycles. The lowest BCUT2D eigenvalue weighted by atomic mass is 10.1. The van der Waals surface area contributed by atoms with Crippen LogP contribution in [0.1, 0.15) is 4.88 Å². The van der Waals surface area contributed by atoms with Crippen LogP contribution < -0.4 is 10.1 Å². The molecule has 1 aromatic carbocycles. The number of pyridine rings is 1. The molecule has 0 spiro atoms. The summed E-state index contributed by atoms with van der Waals surface area (Å²) in [7, 11) is 1.66. The van der Waals surface area contributed by atoms with Crippen LogP contribution in [-0.2, 0) is 6.54 Å². The lowest BCUT2D eigenvalue weighted by molar-refractivity contribution is 0.415. The highest BCUT2D eigenvalue weighted by atomic mass is 35.5. The number of anilines is 1. The molecule has 2 aromatic heterocycles. The summed E-state index contributed by atoms with van der Waals surface area (Å²) in [5.74, 6) is 1.68. The lowest BCUT2D eigenvalue weighted by Crippen LogP contribution is -2.00. The Morgan fingerprint density at radius 3 is 2.90 bits per heavy atom. The summed E-state index contributed by atoms with van der Waals surface area (Å²) in [5.41, 5.74) is 0. The van der Waals surface area contributed by atoms with Crippen LogP contribution in [0.4, 0.5) is 5.82 Å². The molecule has 20 heavy (non-hydrogen) atoms. The van der Waals surface area contributed by atoms with Crippen molar-refractivity contribution in [2.75, 3.05) is 12.4 Å². The maximum Gasteiger partial charge on any atom is 0.134 e. The SMILES string of the molecule is COc1ccc2ccnc(NCc3ccc(Cl)s3)c2c1. The Morgan fingerprint density at radius 2 is 2.15 bits per heavy atom. The van der Waals surface area contributed by atoms with E-state index in [2.05, 4.69) is 10.3 Å². The Balaban J connectivity index is 1.90. The van der Waals surface area contributed by atoms with Gasteiger partial charge in [0.1, 0.15) is 11.6 Å². The van der Waals surface area contributed by atoms with Crippen LogP contribution in [0.25, 0.3) is 10.8 Å². The van der Waals surface area contributed by atoms with Crippen LogP contribution in [0.3, 0.4) is 0 Å². The van der Waals surface area contributed by atoms with Gasteiger partial charge in [0, 0.05) is 16.5 Å². The highest BCUT2D eigenvalue weighted by Gasteiger charge is 2.05. The van der Waals surface area contributed by atoms with E-state index in [1.807, 2.05) is 36.4 Å². The molecule has 3 aromatic rings. The topological polar surface area (TPSA) is 34.1 Å². The zero-order valence-corrected chi connectivity index (χ0v) is 12.5. The molecule has 0 aliphatic carbocycles. The van der Waals surface area contributed by atoms with Gasteiger partial charge in [-0.05, 0) is 35.7 Å². The summed E-state index contributed by atoms with van der Waals surface area (Å²) in [6, 6.07) is 11.9. The first kappa shape index (κ1) is 13.2. The molecule has 0 atom stereocenters. The number of halogens is 1. The number of nitrogens with one attached hydrogen (secondary N) is 1. The molecule has 5 heteroatoms. The molecule has 102 valence electrons. The van der Waals surface area contributed by atoms with E-state index in [-0.39, 0.29) is 0 Å².